The van der Waals surface area contributed by atoms with Crippen LogP contribution in [0.2, 0.25) is 0 Å². The molecular formula is C8H16N2O2. The second-order valence-electron chi connectivity index (χ2n) is 2.93. The molecule has 2 N–H and O–H groups in total. The van der Waals surface area contributed by atoms with E-state index < -0.39 is 0 Å². The fourth-order valence-corrected chi connectivity index (χ4v) is 0.988. The van der Waals surface area contributed by atoms with Crippen LogP contribution in [0.4, 0.5) is 0 Å². The van der Waals surface area contributed by atoms with Crippen molar-refractivity contribution >= 4 is 5.91 Å². The second kappa shape index (κ2) is 5.11. The van der Waals surface area contributed by atoms with Crippen molar-refractivity contribution in [2.24, 2.45) is 0 Å². The van der Waals surface area contributed by atoms with Crippen LogP contribution in [0.5, 0.6) is 0 Å². The van der Waals surface area contributed by atoms with Crippen LogP contribution in [-0.4, -0.2) is 38.8 Å². The monoisotopic (exact) mass is 172 g/mol. The van der Waals surface area contributed by atoms with E-state index in [1.807, 2.05) is 0 Å². The second-order valence-corrected chi connectivity index (χ2v) is 2.93. The summed E-state index contributed by atoms with van der Waals surface area (Å²) in [6, 6.07) is 0. The Balaban J connectivity index is 1.85. The molecule has 0 aromatic carbocycles. The van der Waals surface area contributed by atoms with Crippen LogP contribution in [-0.2, 0) is 9.53 Å². The van der Waals surface area contributed by atoms with E-state index in [0.29, 0.717) is 19.1 Å². The third-order valence-electron chi connectivity index (χ3n) is 1.92. The number of carbonyl (C=O) groups excluding carboxylic acids is 1. The molecule has 4 heteroatoms. The highest BCUT2D eigenvalue weighted by Crippen LogP contribution is 1.99. The normalized spacial score (nSPS) is 17.1. The number of nitrogens with one attached hydrogen (secondary N) is 2. The van der Waals surface area contributed by atoms with Crippen molar-refractivity contribution in [2.75, 3.05) is 26.7 Å². The van der Waals surface area contributed by atoms with Crippen LogP contribution in [0.1, 0.15) is 12.8 Å². The van der Waals surface area contributed by atoms with Crippen LogP contribution in [0.3, 0.4) is 0 Å². The largest absolute Gasteiger partial charge is 0.376 e. The number of ether oxygens (including phenoxy) is 1. The molecule has 1 rings (SSSR count). The standard InChI is InChI=1S/C8H16N2O2/c1-9-8(11)3-2-4-12-7-5-10-6-7/h7,10H,2-6H2,1H3,(H,9,11). The molecule has 1 amide bonds. The van der Waals surface area contributed by atoms with Crippen molar-refractivity contribution in [2.45, 2.75) is 18.9 Å². The van der Waals surface area contributed by atoms with Gasteiger partial charge in [0.15, 0.2) is 0 Å². The van der Waals surface area contributed by atoms with Gasteiger partial charge in [0.25, 0.3) is 0 Å². The van der Waals surface area contributed by atoms with Crippen molar-refractivity contribution in [3.8, 4) is 0 Å². The van der Waals surface area contributed by atoms with Gasteiger partial charge in [-0.15, -0.1) is 0 Å². The minimum atomic E-state index is 0.0883. The molecule has 1 fully saturated rings. The van der Waals surface area contributed by atoms with E-state index in [0.717, 1.165) is 19.5 Å². The molecule has 0 bridgehead atoms. The van der Waals surface area contributed by atoms with E-state index in [9.17, 15) is 4.79 Å². The van der Waals surface area contributed by atoms with Gasteiger partial charge in [-0.05, 0) is 6.42 Å². The fourth-order valence-electron chi connectivity index (χ4n) is 0.988. The molecule has 0 unspecified atom stereocenters. The Morgan fingerprint density at radius 1 is 1.67 bits per heavy atom. The maximum atomic E-state index is 10.8. The molecule has 0 atom stereocenters. The van der Waals surface area contributed by atoms with Gasteiger partial charge in [-0.25, -0.2) is 0 Å². The summed E-state index contributed by atoms with van der Waals surface area (Å²) in [5, 5.41) is 5.69. The summed E-state index contributed by atoms with van der Waals surface area (Å²) in [5.41, 5.74) is 0. The third kappa shape index (κ3) is 3.19. The van der Waals surface area contributed by atoms with Gasteiger partial charge in [-0.3, -0.25) is 4.79 Å². The highest BCUT2D eigenvalue weighted by atomic mass is 16.5. The SMILES string of the molecule is CNC(=O)CCCOC1CNC1. The lowest BCUT2D eigenvalue weighted by molar-refractivity contribution is -0.121. The average Bonchev–Trinajstić information content (AvgIpc) is 2.00. The summed E-state index contributed by atoms with van der Waals surface area (Å²) in [6.07, 6.45) is 1.77. The van der Waals surface area contributed by atoms with E-state index in [4.69, 9.17) is 4.74 Å². The van der Waals surface area contributed by atoms with Crippen LogP contribution in [0, 0.1) is 0 Å². The van der Waals surface area contributed by atoms with Gasteiger partial charge in [0.05, 0.1) is 6.10 Å². The van der Waals surface area contributed by atoms with Crippen LogP contribution in [0.25, 0.3) is 0 Å². The lowest BCUT2D eigenvalue weighted by atomic mass is 10.2. The van der Waals surface area contributed by atoms with Crippen molar-refractivity contribution in [1.82, 2.24) is 10.6 Å². The molecule has 0 aromatic rings. The van der Waals surface area contributed by atoms with Crippen molar-refractivity contribution in [1.29, 1.82) is 0 Å². The van der Waals surface area contributed by atoms with Crippen LogP contribution >= 0.6 is 0 Å². The highest BCUT2D eigenvalue weighted by Gasteiger charge is 2.16. The van der Waals surface area contributed by atoms with Gasteiger partial charge in [-0.1, -0.05) is 0 Å². The number of carbonyl (C=O) groups is 1. The summed E-state index contributed by atoms with van der Waals surface area (Å²) in [5.74, 6) is 0.0883. The predicted molar refractivity (Wildman–Crippen MR) is 45.9 cm³/mol. The minimum Gasteiger partial charge on any atom is -0.376 e. The minimum absolute atomic E-state index is 0.0883. The van der Waals surface area contributed by atoms with Crippen LogP contribution in [0.15, 0.2) is 0 Å². The zero-order chi connectivity index (χ0) is 8.81. The molecule has 70 valence electrons. The average molecular weight is 172 g/mol. The van der Waals surface area contributed by atoms with E-state index >= 15 is 0 Å². The Morgan fingerprint density at radius 2 is 2.42 bits per heavy atom. The van der Waals surface area contributed by atoms with Crippen molar-refractivity contribution in [3.63, 3.8) is 0 Å². The summed E-state index contributed by atoms with van der Waals surface area (Å²) in [4.78, 5) is 10.8. The molecule has 0 radical (unpaired) electrons. The number of hydrogen-bond donors (Lipinski definition) is 2. The Kier molecular flexibility index (Phi) is 4.04. The topological polar surface area (TPSA) is 50.4 Å². The lowest BCUT2D eigenvalue weighted by Crippen LogP contribution is -2.48. The number of amides is 1. The first-order valence-electron chi connectivity index (χ1n) is 4.36. The smallest absolute Gasteiger partial charge is 0.219 e. The summed E-state index contributed by atoms with van der Waals surface area (Å²) in [6.45, 7) is 2.61. The number of rotatable bonds is 5. The first-order valence-corrected chi connectivity index (χ1v) is 4.36. The maximum absolute atomic E-state index is 10.8. The van der Waals surface area contributed by atoms with Gasteiger partial charge < -0.3 is 15.4 Å². The molecule has 1 heterocycles. The van der Waals surface area contributed by atoms with Gasteiger partial charge in [0.1, 0.15) is 0 Å². The maximum Gasteiger partial charge on any atom is 0.219 e. The molecule has 1 saturated heterocycles. The molecule has 12 heavy (non-hydrogen) atoms. The van der Waals surface area contributed by atoms with Crippen LogP contribution < -0.4 is 10.6 Å². The van der Waals surface area contributed by atoms with E-state index in [2.05, 4.69) is 10.6 Å². The van der Waals surface area contributed by atoms with E-state index in [1.54, 1.807) is 7.05 Å². The lowest BCUT2D eigenvalue weighted by Gasteiger charge is -2.26. The third-order valence-corrected chi connectivity index (χ3v) is 1.92. The molecule has 4 nitrogen and oxygen atoms in total. The molecule has 1 aliphatic rings. The first kappa shape index (κ1) is 9.48. The summed E-state index contributed by atoms with van der Waals surface area (Å²) in [7, 11) is 1.65. The van der Waals surface area contributed by atoms with E-state index in [-0.39, 0.29) is 5.91 Å². The molecule has 0 spiro atoms. The Labute approximate surface area is 72.7 Å². The van der Waals surface area contributed by atoms with Crippen molar-refractivity contribution in [3.05, 3.63) is 0 Å². The fraction of sp³-hybridized carbons (Fsp3) is 0.875. The summed E-state index contributed by atoms with van der Waals surface area (Å²) >= 11 is 0. The Morgan fingerprint density at radius 3 is 2.92 bits per heavy atom. The Hall–Kier alpha value is -0.610. The Bertz CT molecular complexity index is 146. The molecule has 0 saturated carbocycles. The molecule has 0 aliphatic carbocycles. The van der Waals surface area contributed by atoms with Gasteiger partial charge in [-0.2, -0.15) is 0 Å². The van der Waals surface area contributed by atoms with Gasteiger partial charge >= 0.3 is 0 Å². The zero-order valence-corrected chi connectivity index (χ0v) is 7.43. The first-order chi connectivity index (χ1) is 5.83. The van der Waals surface area contributed by atoms with Gasteiger partial charge in [0, 0.05) is 33.2 Å². The van der Waals surface area contributed by atoms with Gasteiger partial charge in [0.2, 0.25) is 5.91 Å². The summed E-state index contributed by atoms with van der Waals surface area (Å²) < 4.78 is 5.43. The highest BCUT2D eigenvalue weighted by molar-refractivity contribution is 5.75. The molecular weight excluding hydrogens is 156 g/mol. The van der Waals surface area contributed by atoms with Crippen molar-refractivity contribution < 1.29 is 9.53 Å². The quantitative estimate of drug-likeness (QED) is 0.550. The zero-order valence-electron chi connectivity index (χ0n) is 7.43. The predicted octanol–water partition coefficient (Wildman–Crippen LogP) is -0.499. The number of hydrogen-bond acceptors (Lipinski definition) is 3. The van der Waals surface area contributed by atoms with E-state index in [1.165, 1.54) is 0 Å². The molecule has 1 aliphatic heterocycles. The molecule has 0 aromatic heterocycles.